The van der Waals surface area contributed by atoms with E-state index in [1.54, 1.807) is 17.7 Å². The van der Waals surface area contributed by atoms with Crippen molar-refractivity contribution in [1.29, 1.82) is 0 Å². The molecule has 5 nitrogen and oxygen atoms in total. The van der Waals surface area contributed by atoms with Crippen LogP contribution in [0.3, 0.4) is 0 Å². The van der Waals surface area contributed by atoms with Gasteiger partial charge in [-0.25, -0.2) is 14.4 Å². The molecule has 1 aliphatic rings. The van der Waals surface area contributed by atoms with Gasteiger partial charge in [0, 0.05) is 16.0 Å². The van der Waals surface area contributed by atoms with Gasteiger partial charge in [0.25, 0.3) is 5.91 Å². The van der Waals surface area contributed by atoms with Crippen LogP contribution < -0.4 is 10.1 Å². The van der Waals surface area contributed by atoms with E-state index in [-0.39, 0.29) is 18.3 Å². The Morgan fingerprint density at radius 1 is 1.09 bits per heavy atom. The van der Waals surface area contributed by atoms with E-state index in [0.717, 1.165) is 33.0 Å². The molecule has 5 rings (SSSR count). The van der Waals surface area contributed by atoms with Gasteiger partial charge in [-0.1, -0.05) is 23.9 Å². The first-order chi connectivity index (χ1) is 15.7. The zero-order valence-corrected chi connectivity index (χ0v) is 18.8. The molecule has 0 radical (unpaired) electrons. The fraction of sp³-hybridized carbons (Fsp3) is 0.208. The van der Waals surface area contributed by atoms with E-state index in [1.807, 2.05) is 24.3 Å². The molecule has 0 saturated carbocycles. The Kier molecular flexibility index (Phi) is 6.05. The Bertz CT molecular complexity index is 1270. The summed E-state index contributed by atoms with van der Waals surface area (Å²) in [5.74, 6) is -0.0497. The zero-order valence-electron chi connectivity index (χ0n) is 17.1. The Morgan fingerprint density at radius 3 is 2.78 bits per heavy atom. The van der Waals surface area contributed by atoms with Crippen molar-refractivity contribution in [3.63, 3.8) is 0 Å². The number of carbonyl (C=O) groups is 1. The Morgan fingerprint density at radius 2 is 1.91 bits per heavy atom. The molecule has 1 amide bonds. The lowest BCUT2D eigenvalue weighted by molar-refractivity contribution is -0.118. The number of anilines is 1. The predicted octanol–water partition coefficient (Wildman–Crippen LogP) is 5.88. The molecule has 2 aromatic carbocycles. The van der Waals surface area contributed by atoms with Crippen LogP contribution in [0.4, 0.5) is 10.1 Å². The maximum absolute atomic E-state index is 13.0. The lowest BCUT2D eigenvalue weighted by atomic mass is 9.97. The molecule has 1 aliphatic carbocycles. The van der Waals surface area contributed by atoms with Gasteiger partial charge in [-0.05, 0) is 67.6 Å². The second-order valence-corrected chi connectivity index (χ2v) is 9.58. The van der Waals surface area contributed by atoms with Gasteiger partial charge in [-0.2, -0.15) is 0 Å². The lowest BCUT2D eigenvalue weighted by Gasteiger charge is -2.13. The summed E-state index contributed by atoms with van der Waals surface area (Å²) in [5, 5.41) is 4.78. The number of carbonyl (C=O) groups excluding carboxylic acids is 1. The first-order valence-electron chi connectivity index (χ1n) is 10.4. The molecular weight excluding hydrogens is 445 g/mol. The van der Waals surface area contributed by atoms with Crippen LogP contribution in [-0.2, 0) is 17.6 Å². The largest absolute Gasteiger partial charge is 0.483 e. The Balaban J connectivity index is 1.33. The molecule has 2 aromatic heterocycles. The first-order valence-corrected chi connectivity index (χ1v) is 12.0. The van der Waals surface area contributed by atoms with Crippen LogP contribution in [0.1, 0.15) is 23.3 Å². The third-order valence-corrected chi connectivity index (χ3v) is 7.52. The fourth-order valence-electron chi connectivity index (χ4n) is 3.77. The van der Waals surface area contributed by atoms with Crippen molar-refractivity contribution in [2.24, 2.45) is 0 Å². The molecule has 0 fully saturated rings. The number of nitrogens with zero attached hydrogens (tertiary/aromatic N) is 2. The maximum atomic E-state index is 13.0. The molecule has 8 heteroatoms. The van der Waals surface area contributed by atoms with Crippen molar-refractivity contribution in [3.8, 4) is 5.75 Å². The predicted molar refractivity (Wildman–Crippen MR) is 125 cm³/mol. The number of para-hydroxylation sites is 1. The number of nitrogens with one attached hydrogen (secondary N) is 1. The molecule has 0 saturated heterocycles. The van der Waals surface area contributed by atoms with Crippen molar-refractivity contribution >= 4 is 44.9 Å². The SMILES string of the molecule is O=C(COc1ccccc1Sc1ncnc2sc3c(c12)CCCC3)Nc1ccc(F)cc1. The van der Waals surface area contributed by atoms with Gasteiger partial charge in [0.15, 0.2) is 6.61 Å². The van der Waals surface area contributed by atoms with Gasteiger partial charge in [0.2, 0.25) is 0 Å². The van der Waals surface area contributed by atoms with Crippen molar-refractivity contribution in [2.45, 2.75) is 35.6 Å². The Hall–Kier alpha value is -2.97. The van der Waals surface area contributed by atoms with Crippen LogP contribution in [-0.4, -0.2) is 22.5 Å². The highest BCUT2D eigenvalue weighted by Crippen LogP contribution is 2.42. The average molecular weight is 466 g/mol. The molecule has 2 heterocycles. The molecule has 0 spiro atoms. The Labute approximate surface area is 193 Å². The highest BCUT2D eigenvalue weighted by atomic mass is 32.2. The summed E-state index contributed by atoms with van der Waals surface area (Å²) in [6.45, 7) is -0.151. The molecule has 1 N–H and O–H groups in total. The monoisotopic (exact) mass is 465 g/mol. The summed E-state index contributed by atoms with van der Waals surface area (Å²) in [4.78, 5) is 24.7. The number of hydrogen-bond donors (Lipinski definition) is 1. The number of benzene rings is 2. The number of aromatic nitrogens is 2. The van der Waals surface area contributed by atoms with Gasteiger partial charge in [0.1, 0.15) is 27.8 Å². The maximum Gasteiger partial charge on any atom is 0.262 e. The zero-order chi connectivity index (χ0) is 21.9. The minimum Gasteiger partial charge on any atom is -0.483 e. The minimum absolute atomic E-state index is 0.151. The molecule has 32 heavy (non-hydrogen) atoms. The summed E-state index contributed by atoms with van der Waals surface area (Å²) >= 11 is 3.31. The molecule has 0 bridgehead atoms. The van der Waals surface area contributed by atoms with E-state index in [2.05, 4.69) is 15.3 Å². The van der Waals surface area contributed by atoms with Crippen LogP contribution in [0.2, 0.25) is 0 Å². The minimum atomic E-state index is -0.351. The molecule has 0 unspecified atom stereocenters. The molecular formula is C24H20FN3O2S2. The standard InChI is InChI=1S/C24H20FN3O2S2/c25-15-9-11-16(12-10-15)28-21(29)13-30-18-6-2-4-8-20(18)32-24-22-17-5-1-3-7-19(17)31-23(22)26-14-27-24/h2,4,6,8-12,14H,1,3,5,7,13H2,(H,28,29). The van der Waals surface area contributed by atoms with Crippen molar-refractivity contribution in [1.82, 2.24) is 9.97 Å². The second kappa shape index (κ2) is 9.26. The highest BCUT2D eigenvalue weighted by molar-refractivity contribution is 7.99. The number of fused-ring (bicyclic) bond motifs is 3. The molecule has 162 valence electrons. The summed E-state index contributed by atoms with van der Waals surface area (Å²) in [7, 11) is 0. The number of amides is 1. The average Bonchev–Trinajstić information content (AvgIpc) is 3.20. The van der Waals surface area contributed by atoms with Gasteiger partial charge < -0.3 is 10.1 Å². The van der Waals surface area contributed by atoms with E-state index in [0.29, 0.717) is 11.4 Å². The number of ether oxygens (including phenoxy) is 1. The summed E-state index contributed by atoms with van der Waals surface area (Å²) in [5.41, 5.74) is 1.91. The normalized spacial score (nSPS) is 13.0. The smallest absolute Gasteiger partial charge is 0.262 e. The first kappa shape index (κ1) is 20.9. The van der Waals surface area contributed by atoms with E-state index in [9.17, 15) is 9.18 Å². The van der Waals surface area contributed by atoms with Gasteiger partial charge in [0.05, 0.1) is 4.90 Å². The third-order valence-electron chi connectivity index (χ3n) is 5.26. The van der Waals surface area contributed by atoms with Crippen LogP contribution in [0.25, 0.3) is 10.2 Å². The number of thiophene rings is 1. The van der Waals surface area contributed by atoms with Crippen molar-refractivity contribution in [2.75, 3.05) is 11.9 Å². The number of halogens is 1. The van der Waals surface area contributed by atoms with E-state index in [4.69, 9.17) is 4.74 Å². The van der Waals surface area contributed by atoms with Crippen molar-refractivity contribution in [3.05, 3.63) is 71.1 Å². The van der Waals surface area contributed by atoms with Crippen LogP contribution >= 0.6 is 23.1 Å². The molecule has 0 atom stereocenters. The van der Waals surface area contributed by atoms with Crippen LogP contribution in [0, 0.1) is 5.82 Å². The van der Waals surface area contributed by atoms with E-state index in [1.165, 1.54) is 59.3 Å². The van der Waals surface area contributed by atoms with Crippen molar-refractivity contribution < 1.29 is 13.9 Å². The van der Waals surface area contributed by atoms with E-state index < -0.39 is 0 Å². The van der Waals surface area contributed by atoms with E-state index >= 15 is 0 Å². The van der Waals surface area contributed by atoms with Gasteiger partial charge >= 0.3 is 0 Å². The molecule has 0 aliphatic heterocycles. The summed E-state index contributed by atoms with van der Waals surface area (Å²) in [6, 6.07) is 13.2. The summed E-state index contributed by atoms with van der Waals surface area (Å²) in [6.07, 6.45) is 6.22. The number of aryl methyl sites for hydroxylation is 2. The third kappa shape index (κ3) is 4.47. The summed E-state index contributed by atoms with van der Waals surface area (Å²) < 4.78 is 18.9. The molecule has 4 aromatic rings. The van der Waals surface area contributed by atoms with Crippen LogP contribution in [0.15, 0.2) is 64.8 Å². The lowest BCUT2D eigenvalue weighted by Crippen LogP contribution is -2.20. The fourth-order valence-corrected chi connectivity index (χ4v) is 6.07. The van der Waals surface area contributed by atoms with Gasteiger partial charge in [-0.3, -0.25) is 4.79 Å². The quantitative estimate of drug-likeness (QED) is 0.360. The number of hydrogen-bond acceptors (Lipinski definition) is 6. The second-order valence-electron chi connectivity index (χ2n) is 7.46. The highest BCUT2D eigenvalue weighted by Gasteiger charge is 2.21. The van der Waals surface area contributed by atoms with Gasteiger partial charge in [-0.15, -0.1) is 11.3 Å². The van der Waals surface area contributed by atoms with Crippen LogP contribution in [0.5, 0.6) is 5.75 Å². The number of rotatable bonds is 6. The topological polar surface area (TPSA) is 64.1 Å².